The molecule has 0 radical (unpaired) electrons. The molecule has 1 heterocycles. The van der Waals surface area contributed by atoms with Crippen molar-refractivity contribution in [1.82, 2.24) is 19.6 Å². The van der Waals surface area contributed by atoms with Crippen molar-refractivity contribution in [3.8, 4) is 0 Å². The number of β-amino-alcohol motifs (C(OH)–C–C–N with tert-alkyl or cyclic N) is 1. The molecule has 0 aromatic carbocycles. The van der Waals surface area contributed by atoms with Gasteiger partial charge in [0.15, 0.2) is 0 Å². The number of hydrogen-bond acceptors (Lipinski definition) is 7. The summed E-state index contributed by atoms with van der Waals surface area (Å²) in [4.78, 5) is 22.3. The number of rotatable bonds is 6. The van der Waals surface area contributed by atoms with Crippen LogP contribution in [0.3, 0.4) is 0 Å². The molecule has 7 nitrogen and oxygen atoms in total. The summed E-state index contributed by atoms with van der Waals surface area (Å²) in [5, 5.41) is 10.1. The first kappa shape index (κ1) is 31.3. The van der Waals surface area contributed by atoms with E-state index in [2.05, 4.69) is 61.1 Å². The monoisotopic (exact) mass is 484 g/mol. The highest BCUT2D eigenvalue weighted by Crippen LogP contribution is 2.18. The lowest BCUT2D eigenvalue weighted by molar-refractivity contribution is -0.156. The topological polar surface area (TPSA) is 59.5 Å². The summed E-state index contributed by atoms with van der Waals surface area (Å²) in [6, 6.07) is 0. The Labute approximate surface area is 210 Å². The van der Waals surface area contributed by atoms with Crippen molar-refractivity contribution >= 4 is 5.97 Å². The van der Waals surface area contributed by atoms with E-state index in [9.17, 15) is 9.90 Å². The summed E-state index contributed by atoms with van der Waals surface area (Å²) in [5.74, 6) is -0.166. The minimum atomic E-state index is -0.475. The highest BCUT2D eigenvalue weighted by molar-refractivity contribution is 5.72. The summed E-state index contributed by atoms with van der Waals surface area (Å²) in [6.45, 7) is 31.8. The van der Waals surface area contributed by atoms with Crippen LogP contribution in [0.25, 0.3) is 0 Å². The van der Waals surface area contributed by atoms with Gasteiger partial charge in [0.05, 0.1) is 12.6 Å². The molecule has 0 saturated carbocycles. The van der Waals surface area contributed by atoms with E-state index in [4.69, 9.17) is 4.74 Å². The van der Waals surface area contributed by atoms with Gasteiger partial charge < -0.3 is 19.6 Å². The lowest BCUT2D eigenvalue weighted by Gasteiger charge is -2.38. The Kier molecular flexibility index (Phi) is 12.5. The molecule has 202 valence electrons. The average molecular weight is 485 g/mol. The van der Waals surface area contributed by atoms with Gasteiger partial charge in [0.1, 0.15) is 5.60 Å². The third-order valence-electron chi connectivity index (χ3n) is 5.62. The van der Waals surface area contributed by atoms with Crippen LogP contribution in [0.5, 0.6) is 0 Å². The zero-order valence-corrected chi connectivity index (χ0v) is 24.1. The van der Waals surface area contributed by atoms with Gasteiger partial charge in [-0.15, -0.1) is 0 Å². The number of esters is 1. The summed E-state index contributed by atoms with van der Waals surface area (Å²) in [7, 11) is 0. The Balaban J connectivity index is 3.02. The van der Waals surface area contributed by atoms with Gasteiger partial charge in [0, 0.05) is 72.0 Å². The van der Waals surface area contributed by atoms with Crippen LogP contribution >= 0.6 is 0 Å². The first-order valence-electron chi connectivity index (χ1n) is 13.2. The van der Waals surface area contributed by atoms with Crippen LogP contribution in [-0.4, -0.2) is 121 Å². The first-order valence-corrected chi connectivity index (χ1v) is 13.2. The molecule has 1 N–H and O–H groups in total. The molecule has 0 aromatic rings. The number of aliphatic hydroxyl groups excluding tert-OH is 1. The van der Waals surface area contributed by atoms with Crippen molar-refractivity contribution in [2.24, 2.45) is 10.8 Å². The van der Waals surface area contributed by atoms with Gasteiger partial charge in [-0.25, -0.2) is 0 Å². The highest BCUT2D eigenvalue weighted by atomic mass is 16.6. The Morgan fingerprint density at radius 2 is 1.06 bits per heavy atom. The fourth-order valence-electron chi connectivity index (χ4n) is 4.51. The van der Waals surface area contributed by atoms with Crippen LogP contribution in [0, 0.1) is 10.8 Å². The molecule has 1 aliphatic heterocycles. The van der Waals surface area contributed by atoms with Crippen LogP contribution in [-0.2, 0) is 9.53 Å². The SMILES string of the molecule is CC(O)CN1CCN(CC(=O)OC(C)(C)C)CCN(CC(C)(C)C)CCN(CC(C)(C)C)CC1. The Morgan fingerprint density at radius 3 is 1.38 bits per heavy atom. The van der Waals surface area contributed by atoms with E-state index in [0.717, 1.165) is 65.4 Å². The molecule has 1 saturated heterocycles. The van der Waals surface area contributed by atoms with E-state index in [1.54, 1.807) is 0 Å². The van der Waals surface area contributed by atoms with E-state index < -0.39 is 5.60 Å². The molecule has 34 heavy (non-hydrogen) atoms. The summed E-state index contributed by atoms with van der Waals surface area (Å²) in [5.41, 5.74) is -0.0159. The van der Waals surface area contributed by atoms with Crippen molar-refractivity contribution in [2.45, 2.75) is 80.9 Å². The van der Waals surface area contributed by atoms with Crippen LogP contribution in [0.4, 0.5) is 0 Å². The molecule has 0 aliphatic carbocycles. The van der Waals surface area contributed by atoms with Gasteiger partial charge in [0.2, 0.25) is 0 Å². The average Bonchev–Trinajstić information content (AvgIpc) is 2.59. The van der Waals surface area contributed by atoms with Crippen LogP contribution in [0.15, 0.2) is 0 Å². The zero-order chi connectivity index (χ0) is 26.2. The molecular formula is C27H56N4O3. The van der Waals surface area contributed by atoms with E-state index in [0.29, 0.717) is 13.1 Å². The number of carbonyl (C=O) groups excluding carboxylic acids is 1. The molecule has 0 amide bonds. The molecule has 1 rings (SSSR count). The number of ether oxygens (including phenoxy) is 1. The quantitative estimate of drug-likeness (QED) is 0.582. The second-order valence-electron chi connectivity index (χ2n) is 13.7. The van der Waals surface area contributed by atoms with Gasteiger partial charge >= 0.3 is 5.97 Å². The zero-order valence-electron chi connectivity index (χ0n) is 24.1. The molecule has 1 fully saturated rings. The summed E-state index contributed by atoms with van der Waals surface area (Å²) >= 11 is 0. The molecule has 1 aliphatic rings. The maximum atomic E-state index is 12.6. The maximum absolute atomic E-state index is 12.6. The Bertz CT molecular complexity index is 590. The second-order valence-corrected chi connectivity index (χ2v) is 13.7. The minimum absolute atomic E-state index is 0.166. The molecule has 1 atom stereocenters. The third-order valence-corrected chi connectivity index (χ3v) is 5.62. The van der Waals surface area contributed by atoms with E-state index in [-0.39, 0.29) is 22.9 Å². The van der Waals surface area contributed by atoms with Crippen molar-refractivity contribution < 1.29 is 14.6 Å². The Morgan fingerprint density at radius 1 is 0.706 bits per heavy atom. The number of nitrogens with zero attached hydrogens (tertiary/aromatic N) is 4. The second kappa shape index (κ2) is 13.5. The summed E-state index contributed by atoms with van der Waals surface area (Å²) in [6.07, 6.45) is -0.370. The fourth-order valence-corrected chi connectivity index (χ4v) is 4.51. The van der Waals surface area contributed by atoms with Crippen LogP contribution in [0.1, 0.15) is 69.2 Å². The van der Waals surface area contributed by atoms with Crippen molar-refractivity contribution in [3.63, 3.8) is 0 Å². The third kappa shape index (κ3) is 16.0. The number of aliphatic hydroxyl groups is 1. The smallest absolute Gasteiger partial charge is 0.320 e. The number of hydrogen-bond donors (Lipinski definition) is 1. The van der Waals surface area contributed by atoms with E-state index >= 15 is 0 Å². The summed E-state index contributed by atoms with van der Waals surface area (Å²) < 4.78 is 5.62. The first-order chi connectivity index (χ1) is 15.4. The lowest BCUT2D eigenvalue weighted by atomic mass is 9.95. The molecule has 0 spiro atoms. The fraction of sp³-hybridized carbons (Fsp3) is 0.963. The molecule has 1 unspecified atom stereocenters. The molecule has 7 heteroatoms. The maximum Gasteiger partial charge on any atom is 0.320 e. The van der Waals surface area contributed by atoms with E-state index in [1.807, 2.05) is 27.7 Å². The molecule has 0 aromatic heterocycles. The lowest BCUT2D eigenvalue weighted by Crippen LogP contribution is -2.50. The van der Waals surface area contributed by atoms with Crippen molar-refractivity contribution in [2.75, 3.05) is 78.5 Å². The molecular weight excluding hydrogens is 428 g/mol. The van der Waals surface area contributed by atoms with Gasteiger partial charge in [0.25, 0.3) is 0 Å². The molecule has 0 bridgehead atoms. The standard InChI is InChI=1S/C27H56N4O3/c1-23(32)19-28-11-12-29(20-24(33)34-27(8,9)10)14-16-31(22-26(5,6)7)18-17-30(15-13-28)21-25(2,3)4/h23,32H,11-22H2,1-10H3. The van der Waals surface area contributed by atoms with Crippen molar-refractivity contribution in [3.05, 3.63) is 0 Å². The minimum Gasteiger partial charge on any atom is -0.459 e. The van der Waals surface area contributed by atoms with Gasteiger partial charge in [-0.1, -0.05) is 41.5 Å². The Hall–Kier alpha value is -0.730. The predicted octanol–water partition coefficient (Wildman–Crippen LogP) is 3.02. The normalized spacial score (nSPS) is 21.0. The van der Waals surface area contributed by atoms with Crippen LogP contribution in [0.2, 0.25) is 0 Å². The predicted molar refractivity (Wildman–Crippen MR) is 142 cm³/mol. The van der Waals surface area contributed by atoms with Crippen LogP contribution < -0.4 is 0 Å². The number of carbonyl (C=O) groups is 1. The van der Waals surface area contributed by atoms with E-state index in [1.165, 1.54) is 0 Å². The van der Waals surface area contributed by atoms with Gasteiger partial charge in [-0.2, -0.15) is 0 Å². The highest BCUT2D eigenvalue weighted by Gasteiger charge is 2.24. The van der Waals surface area contributed by atoms with Crippen molar-refractivity contribution in [1.29, 1.82) is 0 Å². The van der Waals surface area contributed by atoms with Gasteiger partial charge in [-0.05, 0) is 38.5 Å². The van der Waals surface area contributed by atoms with Gasteiger partial charge in [-0.3, -0.25) is 14.6 Å². The largest absolute Gasteiger partial charge is 0.459 e.